The number of hydrogen-bond donors (Lipinski definition) is 0. The topological polar surface area (TPSA) is 22.1 Å². The van der Waals surface area contributed by atoms with Crippen molar-refractivity contribution < 1.29 is 4.74 Å². The highest BCUT2D eigenvalue weighted by atomic mass is 16.5. The van der Waals surface area contributed by atoms with Gasteiger partial charge in [-0.15, -0.1) is 0 Å². The van der Waals surface area contributed by atoms with Gasteiger partial charge in [0.15, 0.2) is 0 Å². The number of nitrogens with zero attached hydrogens (tertiary/aromatic N) is 1. The molecule has 2 nitrogen and oxygen atoms in total. The van der Waals surface area contributed by atoms with Crippen LogP contribution in [0.15, 0.2) is 47.8 Å². The summed E-state index contributed by atoms with van der Waals surface area (Å²) in [5, 5.41) is 0. The molecule has 5 atom stereocenters. The predicted octanol–water partition coefficient (Wildman–Crippen LogP) is 6.60. The molecule has 1 unspecified atom stereocenters. The molecular formula is C26H33NO. The lowest BCUT2D eigenvalue weighted by molar-refractivity contribution is 0.0682. The molecule has 2 heteroatoms. The van der Waals surface area contributed by atoms with Gasteiger partial charge in [-0.1, -0.05) is 50.1 Å². The van der Waals surface area contributed by atoms with Crippen LogP contribution in [0, 0.1) is 28.6 Å². The molecule has 0 spiro atoms. The Bertz CT molecular complexity index is 893. The zero-order valence-electron chi connectivity index (χ0n) is 17.8. The Morgan fingerprint density at radius 3 is 2.79 bits per heavy atom. The van der Waals surface area contributed by atoms with Gasteiger partial charge in [-0.25, -0.2) is 0 Å². The number of ether oxygens (including phenoxy) is 1. The maximum Gasteiger partial charge on any atom is 0.137 e. The smallest absolute Gasteiger partial charge is 0.137 e. The van der Waals surface area contributed by atoms with Crippen LogP contribution >= 0.6 is 0 Å². The van der Waals surface area contributed by atoms with Crippen LogP contribution in [0.4, 0.5) is 0 Å². The van der Waals surface area contributed by atoms with Gasteiger partial charge in [0.25, 0.3) is 0 Å². The molecule has 4 aliphatic carbocycles. The van der Waals surface area contributed by atoms with Crippen LogP contribution in [-0.2, 0) is 0 Å². The van der Waals surface area contributed by atoms with E-state index in [0.717, 1.165) is 17.6 Å². The van der Waals surface area contributed by atoms with Crippen molar-refractivity contribution >= 4 is 5.57 Å². The van der Waals surface area contributed by atoms with E-state index < -0.39 is 0 Å². The summed E-state index contributed by atoms with van der Waals surface area (Å²) < 4.78 is 5.44. The van der Waals surface area contributed by atoms with E-state index >= 15 is 0 Å². The van der Waals surface area contributed by atoms with Crippen molar-refractivity contribution in [3.8, 4) is 5.75 Å². The minimum absolute atomic E-state index is 0.152. The van der Waals surface area contributed by atoms with Crippen molar-refractivity contribution in [1.82, 2.24) is 4.98 Å². The van der Waals surface area contributed by atoms with Crippen molar-refractivity contribution in [2.45, 2.75) is 59.3 Å². The van der Waals surface area contributed by atoms with Crippen LogP contribution in [0.3, 0.4) is 0 Å². The van der Waals surface area contributed by atoms with Crippen LogP contribution in [0.25, 0.3) is 5.57 Å². The summed E-state index contributed by atoms with van der Waals surface area (Å²) in [7, 11) is 1.72. The second-order valence-electron chi connectivity index (χ2n) is 10.1. The van der Waals surface area contributed by atoms with Crippen molar-refractivity contribution in [3.63, 3.8) is 0 Å². The second kappa shape index (κ2) is 6.34. The van der Waals surface area contributed by atoms with Gasteiger partial charge in [-0.05, 0) is 73.3 Å². The Balaban J connectivity index is 1.48. The van der Waals surface area contributed by atoms with Crippen molar-refractivity contribution in [2.75, 3.05) is 7.11 Å². The van der Waals surface area contributed by atoms with Crippen molar-refractivity contribution in [2.24, 2.45) is 28.6 Å². The molecular weight excluding hydrogens is 342 g/mol. The highest BCUT2D eigenvalue weighted by Gasteiger charge is 2.54. The maximum absolute atomic E-state index is 5.44. The van der Waals surface area contributed by atoms with Crippen molar-refractivity contribution in [3.05, 3.63) is 53.4 Å². The van der Waals surface area contributed by atoms with Gasteiger partial charge in [0, 0.05) is 17.2 Å². The van der Waals surface area contributed by atoms with Gasteiger partial charge in [0.1, 0.15) is 5.75 Å². The van der Waals surface area contributed by atoms with Gasteiger partial charge in [0.05, 0.1) is 13.3 Å². The van der Waals surface area contributed by atoms with E-state index in [9.17, 15) is 0 Å². The Morgan fingerprint density at radius 2 is 1.96 bits per heavy atom. The second-order valence-corrected chi connectivity index (χ2v) is 10.1. The summed E-state index contributed by atoms with van der Waals surface area (Å²) in [5.74, 6) is 3.23. The largest absolute Gasteiger partial charge is 0.495 e. The van der Waals surface area contributed by atoms with Crippen molar-refractivity contribution in [1.29, 1.82) is 0 Å². The Labute approximate surface area is 169 Å². The molecule has 0 saturated heterocycles. The van der Waals surface area contributed by atoms with Crippen LogP contribution in [0.2, 0.25) is 0 Å². The van der Waals surface area contributed by atoms with Crippen LogP contribution in [-0.4, -0.2) is 12.1 Å². The van der Waals surface area contributed by atoms with Gasteiger partial charge < -0.3 is 4.74 Å². The minimum Gasteiger partial charge on any atom is -0.495 e. The highest BCUT2D eigenvalue weighted by molar-refractivity contribution is 5.78. The lowest BCUT2D eigenvalue weighted by Gasteiger charge is -2.56. The Kier molecular flexibility index (Phi) is 4.12. The Morgan fingerprint density at radius 1 is 1.11 bits per heavy atom. The molecule has 1 heterocycles. The summed E-state index contributed by atoms with van der Waals surface area (Å²) in [6.45, 7) is 7.49. The van der Waals surface area contributed by atoms with Crippen LogP contribution in [0.5, 0.6) is 5.75 Å². The van der Waals surface area contributed by atoms with E-state index in [-0.39, 0.29) is 5.41 Å². The summed E-state index contributed by atoms with van der Waals surface area (Å²) in [4.78, 5) is 4.42. The number of fused-ring (bicyclic) bond motifs is 5. The fourth-order valence-electron chi connectivity index (χ4n) is 6.94. The monoisotopic (exact) mass is 375 g/mol. The van der Waals surface area contributed by atoms with E-state index in [1.807, 2.05) is 6.20 Å². The van der Waals surface area contributed by atoms with Gasteiger partial charge in [0.2, 0.25) is 0 Å². The van der Waals surface area contributed by atoms with E-state index in [1.54, 1.807) is 24.5 Å². The molecule has 0 aliphatic heterocycles. The summed E-state index contributed by atoms with van der Waals surface area (Å²) in [5.41, 5.74) is 6.69. The summed E-state index contributed by atoms with van der Waals surface area (Å²) >= 11 is 0. The summed E-state index contributed by atoms with van der Waals surface area (Å²) in [6.07, 6.45) is 19.2. The van der Waals surface area contributed by atoms with Gasteiger partial charge in [-0.3, -0.25) is 4.98 Å². The summed E-state index contributed by atoms with van der Waals surface area (Å²) in [6, 6.07) is 2.15. The number of hydrogen-bond acceptors (Lipinski definition) is 2. The maximum atomic E-state index is 5.44. The predicted molar refractivity (Wildman–Crippen MR) is 115 cm³/mol. The minimum atomic E-state index is 0.152. The average molecular weight is 376 g/mol. The van der Waals surface area contributed by atoms with Gasteiger partial charge in [-0.2, -0.15) is 0 Å². The number of pyridine rings is 1. The van der Waals surface area contributed by atoms with E-state index in [4.69, 9.17) is 4.74 Å². The molecule has 148 valence electrons. The first-order valence-electron chi connectivity index (χ1n) is 11.1. The Hall–Kier alpha value is -1.83. The number of aromatic nitrogens is 1. The average Bonchev–Trinajstić information content (AvgIpc) is 3.06. The number of rotatable bonds is 2. The molecule has 1 aromatic rings. The van der Waals surface area contributed by atoms with E-state index in [1.165, 1.54) is 49.7 Å². The molecule has 5 rings (SSSR count). The number of allylic oxidation sites excluding steroid dienone is 6. The quantitative estimate of drug-likeness (QED) is 0.543. The molecule has 2 fully saturated rings. The third-order valence-corrected chi connectivity index (χ3v) is 8.66. The zero-order chi connectivity index (χ0) is 19.5. The first-order valence-corrected chi connectivity index (χ1v) is 11.1. The molecule has 0 radical (unpaired) electrons. The van der Waals surface area contributed by atoms with E-state index in [2.05, 4.69) is 50.0 Å². The molecule has 0 N–H and O–H groups in total. The molecule has 0 aromatic carbocycles. The molecule has 4 aliphatic rings. The first kappa shape index (κ1) is 18.2. The lowest BCUT2D eigenvalue weighted by Crippen LogP contribution is -2.46. The fourth-order valence-corrected chi connectivity index (χ4v) is 6.94. The molecule has 28 heavy (non-hydrogen) atoms. The molecule has 0 amide bonds. The van der Waals surface area contributed by atoms with Crippen LogP contribution in [0.1, 0.15) is 64.9 Å². The van der Waals surface area contributed by atoms with Gasteiger partial charge >= 0.3 is 0 Å². The normalized spacial score (nSPS) is 39.1. The first-order chi connectivity index (χ1) is 13.5. The van der Waals surface area contributed by atoms with E-state index in [0.29, 0.717) is 11.3 Å². The molecule has 1 aromatic heterocycles. The fraction of sp³-hybridized carbons (Fsp3) is 0.577. The van der Waals surface area contributed by atoms with Crippen LogP contribution < -0.4 is 4.74 Å². The lowest BCUT2D eigenvalue weighted by atomic mass is 9.48. The molecule has 2 saturated carbocycles. The SMILES string of the molecule is COc1cncc(C2=CC=C3[C@@H]4CC=C5C[C@@H](C)CC[C@]5(C)C4CC[C@]23C)c1. The zero-order valence-corrected chi connectivity index (χ0v) is 17.8. The standard InChI is InChI=1S/C26H33NO/c1-17-9-11-25(2)19(13-17)5-6-21-23-8-7-22(26(23,3)12-10-24(21)25)18-14-20(28-4)16-27-15-18/h5,7-8,14-17,21,24H,6,9-13H2,1-4H3/t17-,21-,24?,25-,26+/m0/s1. The third kappa shape index (κ3) is 2.49. The number of methoxy groups -OCH3 is 1. The third-order valence-electron chi connectivity index (χ3n) is 8.66. The highest BCUT2D eigenvalue weighted by Crippen LogP contribution is 2.65. The molecule has 0 bridgehead atoms.